The summed E-state index contributed by atoms with van der Waals surface area (Å²) in [5.41, 5.74) is 0. The Morgan fingerprint density at radius 1 is 1.18 bits per heavy atom. The highest BCUT2D eigenvalue weighted by Gasteiger charge is 2.06. The van der Waals surface area contributed by atoms with Gasteiger partial charge in [-0.15, -0.1) is 0 Å². The van der Waals surface area contributed by atoms with Crippen LogP contribution >= 0.6 is 0 Å². The molecule has 0 aromatic rings. The van der Waals surface area contributed by atoms with E-state index in [1.165, 1.54) is 6.42 Å². The Morgan fingerprint density at radius 3 is 2.50 bits per heavy atom. The Balaban J connectivity index is 3.90. The minimum Gasteiger partial charge on any atom is -0.381 e. The van der Waals surface area contributed by atoms with Gasteiger partial charge < -0.3 is 20.3 Å². The van der Waals surface area contributed by atoms with Gasteiger partial charge in [0.15, 0.2) is 5.96 Å². The lowest BCUT2D eigenvalue weighted by molar-refractivity contribution is 0.109. The quantitative estimate of drug-likeness (QED) is 0.330. The third kappa shape index (κ3) is 11.8. The SMILES string of the molecule is CCNC(=NCCCOCC(C)C)NCCN(C)C(C)CC. The van der Waals surface area contributed by atoms with Crippen LogP contribution in [0.25, 0.3) is 0 Å². The zero-order chi connectivity index (χ0) is 16.8. The molecule has 0 fully saturated rings. The number of hydrogen-bond acceptors (Lipinski definition) is 3. The molecule has 0 amide bonds. The van der Waals surface area contributed by atoms with Crippen molar-refractivity contribution in [3.05, 3.63) is 0 Å². The number of aliphatic imine (C=N–C) groups is 1. The minimum atomic E-state index is 0.602. The normalized spacial score (nSPS) is 13.7. The molecule has 0 rings (SSSR count). The van der Waals surface area contributed by atoms with E-state index in [9.17, 15) is 0 Å². The van der Waals surface area contributed by atoms with Crippen molar-refractivity contribution in [1.29, 1.82) is 0 Å². The van der Waals surface area contributed by atoms with Crippen molar-refractivity contribution >= 4 is 5.96 Å². The third-order valence-corrected chi connectivity index (χ3v) is 3.61. The Kier molecular flexibility index (Phi) is 13.3. The average Bonchev–Trinajstić information content (AvgIpc) is 2.49. The second-order valence-corrected chi connectivity index (χ2v) is 6.25. The molecule has 0 aliphatic carbocycles. The van der Waals surface area contributed by atoms with Gasteiger partial charge in [0, 0.05) is 45.4 Å². The van der Waals surface area contributed by atoms with Crippen molar-refractivity contribution in [3.63, 3.8) is 0 Å². The fourth-order valence-electron chi connectivity index (χ4n) is 1.90. The van der Waals surface area contributed by atoms with Crippen LogP contribution in [0.3, 0.4) is 0 Å². The van der Waals surface area contributed by atoms with Gasteiger partial charge in [-0.05, 0) is 39.7 Å². The lowest BCUT2D eigenvalue weighted by atomic mass is 10.2. The fraction of sp³-hybridized carbons (Fsp3) is 0.941. The van der Waals surface area contributed by atoms with Gasteiger partial charge in [0.25, 0.3) is 0 Å². The number of nitrogens with zero attached hydrogens (tertiary/aromatic N) is 2. The number of ether oxygens (including phenoxy) is 1. The molecule has 0 bridgehead atoms. The molecule has 0 saturated carbocycles. The van der Waals surface area contributed by atoms with Crippen molar-refractivity contribution in [3.8, 4) is 0 Å². The van der Waals surface area contributed by atoms with Gasteiger partial charge in [0.2, 0.25) is 0 Å². The Morgan fingerprint density at radius 2 is 1.91 bits per heavy atom. The van der Waals surface area contributed by atoms with Crippen LogP contribution in [0.15, 0.2) is 4.99 Å². The summed E-state index contributed by atoms with van der Waals surface area (Å²) in [6, 6.07) is 0.624. The van der Waals surface area contributed by atoms with Crippen LogP contribution < -0.4 is 10.6 Å². The Bertz CT molecular complexity index is 282. The monoisotopic (exact) mass is 314 g/mol. The van der Waals surface area contributed by atoms with E-state index in [0.717, 1.165) is 51.8 Å². The second kappa shape index (κ2) is 13.8. The highest BCUT2D eigenvalue weighted by atomic mass is 16.5. The zero-order valence-electron chi connectivity index (χ0n) is 15.6. The smallest absolute Gasteiger partial charge is 0.191 e. The highest BCUT2D eigenvalue weighted by molar-refractivity contribution is 5.79. The van der Waals surface area contributed by atoms with Gasteiger partial charge in [0.05, 0.1) is 0 Å². The molecule has 0 radical (unpaired) electrons. The molecular weight excluding hydrogens is 276 g/mol. The van der Waals surface area contributed by atoms with Gasteiger partial charge in [0.1, 0.15) is 0 Å². The van der Waals surface area contributed by atoms with Crippen LogP contribution in [0.2, 0.25) is 0 Å². The van der Waals surface area contributed by atoms with Gasteiger partial charge in [-0.25, -0.2) is 0 Å². The van der Waals surface area contributed by atoms with Crippen molar-refractivity contribution in [2.24, 2.45) is 10.9 Å². The van der Waals surface area contributed by atoms with Crippen molar-refractivity contribution in [2.45, 2.75) is 53.5 Å². The van der Waals surface area contributed by atoms with Gasteiger partial charge >= 0.3 is 0 Å². The van der Waals surface area contributed by atoms with E-state index in [2.05, 4.69) is 62.2 Å². The molecule has 0 aliphatic rings. The Hall–Kier alpha value is -0.810. The summed E-state index contributed by atoms with van der Waals surface area (Å²) < 4.78 is 5.57. The maximum absolute atomic E-state index is 5.57. The molecule has 0 spiro atoms. The molecule has 22 heavy (non-hydrogen) atoms. The van der Waals surface area contributed by atoms with Crippen molar-refractivity contribution in [1.82, 2.24) is 15.5 Å². The van der Waals surface area contributed by atoms with Crippen molar-refractivity contribution in [2.75, 3.05) is 46.4 Å². The number of guanidine groups is 1. The lowest BCUT2D eigenvalue weighted by Gasteiger charge is -2.24. The van der Waals surface area contributed by atoms with E-state index in [0.29, 0.717) is 12.0 Å². The number of likely N-dealkylation sites (N-methyl/N-ethyl adjacent to an activating group) is 1. The first-order valence-electron chi connectivity index (χ1n) is 8.81. The van der Waals surface area contributed by atoms with E-state index >= 15 is 0 Å². The van der Waals surface area contributed by atoms with Crippen LogP contribution in [0.4, 0.5) is 0 Å². The molecule has 0 aromatic carbocycles. The zero-order valence-corrected chi connectivity index (χ0v) is 15.6. The fourth-order valence-corrected chi connectivity index (χ4v) is 1.90. The standard InChI is InChI=1S/C17H38N4O/c1-7-16(5)21(6)12-11-20-17(18-8-2)19-10-9-13-22-14-15(3)4/h15-16H,7-14H2,1-6H3,(H2,18,19,20). The summed E-state index contributed by atoms with van der Waals surface area (Å²) in [6.45, 7) is 16.2. The van der Waals surface area contributed by atoms with Crippen LogP contribution in [0.5, 0.6) is 0 Å². The molecule has 0 aliphatic heterocycles. The van der Waals surface area contributed by atoms with Crippen LogP contribution in [-0.4, -0.2) is 63.3 Å². The molecule has 132 valence electrons. The topological polar surface area (TPSA) is 48.9 Å². The van der Waals surface area contributed by atoms with E-state index < -0.39 is 0 Å². The van der Waals surface area contributed by atoms with Gasteiger partial charge in [-0.3, -0.25) is 4.99 Å². The predicted molar refractivity (Wildman–Crippen MR) is 96.6 cm³/mol. The summed E-state index contributed by atoms with van der Waals surface area (Å²) in [5.74, 6) is 1.51. The summed E-state index contributed by atoms with van der Waals surface area (Å²) >= 11 is 0. The number of hydrogen-bond donors (Lipinski definition) is 2. The van der Waals surface area contributed by atoms with Gasteiger partial charge in [-0.1, -0.05) is 20.8 Å². The van der Waals surface area contributed by atoms with Gasteiger partial charge in [-0.2, -0.15) is 0 Å². The van der Waals surface area contributed by atoms with Crippen LogP contribution in [0.1, 0.15) is 47.5 Å². The summed E-state index contributed by atoms with van der Waals surface area (Å²) in [5, 5.41) is 6.68. The highest BCUT2D eigenvalue weighted by Crippen LogP contribution is 1.98. The molecular formula is C17H38N4O. The van der Waals surface area contributed by atoms with Crippen LogP contribution in [-0.2, 0) is 4.74 Å². The molecule has 0 heterocycles. The lowest BCUT2D eigenvalue weighted by Crippen LogP contribution is -2.42. The molecule has 1 unspecified atom stereocenters. The molecule has 0 saturated heterocycles. The molecule has 1 atom stereocenters. The third-order valence-electron chi connectivity index (χ3n) is 3.61. The second-order valence-electron chi connectivity index (χ2n) is 6.25. The van der Waals surface area contributed by atoms with E-state index in [-0.39, 0.29) is 0 Å². The Labute approximate surface area is 137 Å². The van der Waals surface area contributed by atoms with Crippen LogP contribution in [0, 0.1) is 5.92 Å². The summed E-state index contributed by atoms with van der Waals surface area (Å²) in [6.07, 6.45) is 2.15. The van der Waals surface area contributed by atoms with Crippen molar-refractivity contribution < 1.29 is 4.74 Å². The minimum absolute atomic E-state index is 0.602. The molecule has 5 nitrogen and oxygen atoms in total. The summed E-state index contributed by atoms with van der Waals surface area (Å²) in [7, 11) is 2.17. The predicted octanol–water partition coefficient (Wildman–Crippen LogP) is 2.33. The van der Waals surface area contributed by atoms with E-state index in [1.54, 1.807) is 0 Å². The first kappa shape index (κ1) is 21.2. The first-order chi connectivity index (χ1) is 10.5. The average molecular weight is 315 g/mol. The molecule has 2 N–H and O–H groups in total. The maximum atomic E-state index is 5.57. The first-order valence-corrected chi connectivity index (χ1v) is 8.81. The molecule has 0 aromatic heterocycles. The number of rotatable bonds is 12. The molecule has 5 heteroatoms. The van der Waals surface area contributed by atoms with E-state index in [4.69, 9.17) is 4.74 Å². The summed E-state index contributed by atoms with van der Waals surface area (Å²) in [4.78, 5) is 6.96. The largest absolute Gasteiger partial charge is 0.381 e. The maximum Gasteiger partial charge on any atom is 0.191 e. The number of nitrogens with one attached hydrogen (secondary N) is 2. The van der Waals surface area contributed by atoms with E-state index in [1.807, 2.05) is 0 Å².